The molecule has 5 heteroatoms. The minimum Gasteiger partial charge on any atom is -0.382 e. The lowest BCUT2D eigenvalue weighted by molar-refractivity contribution is -0.133. The van der Waals surface area contributed by atoms with Gasteiger partial charge < -0.3 is 10.6 Å². The molecule has 1 aliphatic heterocycles. The Morgan fingerprint density at radius 2 is 2.29 bits per heavy atom. The largest absolute Gasteiger partial charge is 0.382 e. The Kier molecular flexibility index (Phi) is 1.40. The highest BCUT2D eigenvalue weighted by atomic mass is 16.2. The van der Waals surface area contributed by atoms with Crippen molar-refractivity contribution < 1.29 is 4.79 Å². The van der Waals surface area contributed by atoms with Gasteiger partial charge in [0.05, 0.1) is 18.8 Å². The van der Waals surface area contributed by atoms with Gasteiger partial charge in [0, 0.05) is 11.5 Å². The van der Waals surface area contributed by atoms with Crippen LogP contribution in [0.25, 0.3) is 0 Å². The van der Waals surface area contributed by atoms with Gasteiger partial charge in [-0.15, -0.1) is 0 Å². The van der Waals surface area contributed by atoms with Gasteiger partial charge in [0.2, 0.25) is 5.91 Å². The second-order valence-corrected chi connectivity index (χ2v) is 4.03. The fourth-order valence-electron chi connectivity index (χ4n) is 1.91. The maximum absolute atomic E-state index is 11.7. The van der Waals surface area contributed by atoms with Gasteiger partial charge in [-0.25, -0.2) is 0 Å². The van der Waals surface area contributed by atoms with Crippen molar-refractivity contribution in [1.82, 2.24) is 15.1 Å². The molecule has 1 saturated carbocycles. The van der Waals surface area contributed by atoms with Crippen molar-refractivity contribution in [2.24, 2.45) is 5.92 Å². The number of carbonyl (C=O) groups is 1. The van der Waals surface area contributed by atoms with E-state index >= 15 is 0 Å². The summed E-state index contributed by atoms with van der Waals surface area (Å²) >= 11 is 0. The molecule has 0 spiro atoms. The topological polar surface area (TPSA) is 75.0 Å². The van der Waals surface area contributed by atoms with E-state index in [0.717, 1.165) is 24.1 Å². The predicted octanol–water partition coefficient (Wildman–Crippen LogP) is 0.244. The van der Waals surface area contributed by atoms with Crippen LogP contribution >= 0.6 is 0 Å². The molecule has 14 heavy (non-hydrogen) atoms. The summed E-state index contributed by atoms with van der Waals surface area (Å²) in [5.74, 6) is 1.09. The van der Waals surface area contributed by atoms with Gasteiger partial charge in [-0.2, -0.15) is 5.10 Å². The first-order valence-electron chi connectivity index (χ1n) is 4.86. The van der Waals surface area contributed by atoms with E-state index in [1.54, 1.807) is 0 Å². The van der Waals surface area contributed by atoms with Crippen molar-refractivity contribution in [2.75, 3.05) is 5.73 Å². The number of nitrogens with one attached hydrogen (secondary N) is 1. The van der Waals surface area contributed by atoms with Crippen LogP contribution in [-0.2, 0) is 17.9 Å². The number of nitrogens with two attached hydrogens (primary N) is 1. The number of nitrogen functional groups attached to an aromatic ring is 1. The molecule has 0 radical (unpaired) electrons. The van der Waals surface area contributed by atoms with Crippen LogP contribution in [0, 0.1) is 5.92 Å². The van der Waals surface area contributed by atoms with Gasteiger partial charge in [0.15, 0.2) is 5.82 Å². The van der Waals surface area contributed by atoms with Crippen LogP contribution in [0.1, 0.15) is 24.1 Å². The minimum atomic E-state index is 0.272. The third-order valence-corrected chi connectivity index (χ3v) is 2.92. The van der Waals surface area contributed by atoms with Crippen molar-refractivity contribution >= 4 is 11.7 Å². The normalized spacial score (nSPS) is 19.9. The Labute approximate surface area is 81.3 Å². The van der Waals surface area contributed by atoms with E-state index in [0.29, 0.717) is 18.9 Å². The van der Waals surface area contributed by atoms with Crippen LogP contribution in [0.15, 0.2) is 0 Å². The summed E-state index contributed by atoms with van der Waals surface area (Å²) in [5.41, 5.74) is 7.66. The zero-order chi connectivity index (χ0) is 9.71. The number of hydrogen-bond donors (Lipinski definition) is 2. The monoisotopic (exact) mass is 192 g/mol. The number of nitrogens with zero attached hydrogens (tertiary/aromatic N) is 2. The van der Waals surface area contributed by atoms with E-state index in [-0.39, 0.29) is 11.8 Å². The van der Waals surface area contributed by atoms with Crippen molar-refractivity contribution in [3.63, 3.8) is 0 Å². The summed E-state index contributed by atoms with van der Waals surface area (Å²) in [4.78, 5) is 13.6. The zero-order valence-electron chi connectivity index (χ0n) is 7.79. The minimum absolute atomic E-state index is 0.272. The number of aromatic nitrogens is 2. The van der Waals surface area contributed by atoms with Crippen LogP contribution in [0.3, 0.4) is 0 Å². The van der Waals surface area contributed by atoms with Crippen molar-refractivity contribution in [1.29, 1.82) is 0 Å². The number of rotatable bonds is 1. The van der Waals surface area contributed by atoms with Crippen LogP contribution < -0.4 is 5.73 Å². The van der Waals surface area contributed by atoms with E-state index in [1.807, 2.05) is 4.90 Å². The highest BCUT2D eigenvalue weighted by Crippen LogP contribution is 2.34. The second kappa shape index (κ2) is 2.50. The molecule has 0 atom stereocenters. The molecular weight excluding hydrogens is 180 g/mol. The van der Waals surface area contributed by atoms with E-state index in [2.05, 4.69) is 10.2 Å². The molecule has 2 heterocycles. The van der Waals surface area contributed by atoms with Gasteiger partial charge in [-0.3, -0.25) is 9.89 Å². The van der Waals surface area contributed by atoms with Gasteiger partial charge in [-0.1, -0.05) is 0 Å². The van der Waals surface area contributed by atoms with Crippen molar-refractivity contribution in [3.8, 4) is 0 Å². The Hall–Kier alpha value is -1.52. The Morgan fingerprint density at radius 3 is 2.93 bits per heavy atom. The van der Waals surface area contributed by atoms with Gasteiger partial charge in [-0.05, 0) is 12.8 Å². The van der Waals surface area contributed by atoms with Crippen LogP contribution in [0.2, 0.25) is 0 Å². The summed E-state index contributed by atoms with van der Waals surface area (Å²) in [5, 5.41) is 6.77. The maximum Gasteiger partial charge on any atom is 0.226 e. The third kappa shape index (κ3) is 1.01. The first-order chi connectivity index (χ1) is 6.75. The lowest BCUT2D eigenvalue weighted by Gasteiger charge is -2.14. The number of anilines is 1. The maximum atomic E-state index is 11.7. The lowest BCUT2D eigenvalue weighted by Crippen LogP contribution is -2.27. The molecule has 1 aliphatic carbocycles. The van der Waals surface area contributed by atoms with Crippen LogP contribution in [0.4, 0.5) is 5.82 Å². The molecule has 0 saturated heterocycles. The second-order valence-electron chi connectivity index (χ2n) is 4.03. The number of hydrogen-bond acceptors (Lipinski definition) is 3. The fraction of sp³-hybridized carbons (Fsp3) is 0.556. The molecule has 74 valence electrons. The molecule has 0 aromatic carbocycles. The summed E-state index contributed by atoms with van der Waals surface area (Å²) in [6, 6.07) is 0. The number of aromatic amines is 1. The molecular formula is C9H12N4O. The molecule has 1 aromatic heterocycles. The molecule has 2 aliphatic rings. The summed E-state index contributed by atoms with van der Waals surface area (Å²) in [7, 11) is 0. The Balaban J connectivity index is 1.80. The van der Waals surface area contributed by atoms with Crippen molar-refractivity contribution in [2.45, 2.75) is 25.9 Å². The van der Waals surface area contributed by atoms with Gasteiger partial charge >= 0.3 is 0 Å². The number of fused-ring (bicyclic) bond motifs is 1. The molecule has 1 aromatic rings. The fourth-order valence-corrected chi connectivity index (χ4v) is 1.91. The Morgan fingerprint density at radius 1 is 1.50 bits per heavy atom. The third-order valence-electron chi connectivity index (χ3n) is 2.92. The average molecular weight is 192 g/mol. The van der Waals surface area contributed by atoms with E-state index < -0.39 is 0 Å². The highest BCUT2D eigenvalue weighted by molar-refractivity contribution is 5.81. The number of amides is 1. The SMILES string of the molecule is Nc1n[nH]c2c1CN(C(=O)C1CC1)C2. The number of carbonyl (C=O) groups excluding carboxylic acids is 1. The Bertz CT molecular complexity index is 394. The zero-order valence-corrected chi connectivity index (χ0v) is 7.79. The van der Waals surface area contributed by atoms with Crippen LogP contribution in [-0.4, -0.2) is 21.0 Å². The lowest BCUT2D eigenvalue weighted by atomic mass is 10.3. The smallest absolute Gasteiger partial charge is 0.226 e. The van der Waals surface area contributed by atoms with Crippen LogP contribution in [0.5, 0.6) is 0 Å². The van der Waals surface area contributed by atoms with E-state index in [4.69, 9.17) is 5.73 Å². The van der Waals surface area contributed by atoms with E-state index in [9.17, 15) is 4.79 Å². The van der Waals surface area contributed by atoms with Gasteiger partial charge in [0.1, 0.15) is 0 Å². The first-order valence-corrected chi connectivity index (χ1v) is 4.86. The molecule has 0 unspecified atom stereocenters. The average Bonchev–Trinajstić information content (AvgIpc) is 2.84. The molecule has 1 amide bonds. The summed E-state index contributed by atoms with van der Waals surface area (Å²) in [6.07, 6.45) is 2.11. The van der Waals surface area contributed by atoms with Gasteiger partial charge in [0.25, 0.3) is 0 Å². The molecule has 5 nitrogen and oxygen atoms in total. The molecule has 3 N–H and O–H groups in total. The quantitative estimate of drug-likeness (QED) is 0.669. The first kappa shape index (κ1) is 7.84. The molecule has 3 rings (SSSR count). The molecule has 1 fully saturated rings. The van der Waals surface area contributed by atoms with E-state index in [1.165, 1.54) is 0 Å². The standard InChI is InChI=1S/C9H12N4O/c10-8-6-3-13(4-7(6)11-12-8)9(14)5-1-2-5/h5H,1-4H2,(H3,10,11,12). The van der Waals surface area contributed by atoms with Crippen molar-refractivity contribution in [3.05, 3.63) is 11.3 Å². The predicted molar refractivity (Wildman–Crippen MR) is 50.0 cm³/mol. The highest BCUT2D eigenvalue weighted by Gasteiger charge is 2.36. The summed E-state index contributed by atoms with van der Waals surface area (Å²) < 4.78 is 0. The summed E-state index contributed by atoms with van der Waals surface area (Å²) in [6.45, 7) is 1.28. The molecule has 0 bridgehead atoms. The number of H-pyrrole nitrogens is 1.